The summed E-state index contributed by atoms with van der Waals surface area (Å²) in [5.74, 6) is -2.09. The molecule has 1 amide bonds. The van der Waals surface area contributed by atoms with Gasteiger partial charge in [0.15, 0.2) is 6.04 Å². The molecule has 0 fully saturated rings. The summed E-state index contributed by atoms with van der Waals surface area (Å²) in [6.07, 6.45) is 0. The number of aliphatic carboxylic acids is 1. The lowest BCUT2D eigenvalue weighted by atomic mass is 10.3. The lowest BCUT2D eigenvalue weighted by Crippen LogP contribution is -2.48. The van der Waals surface area contributed by atoms with Gasteiger partial charge in [0.2, 0.25) is 5.91 Å². The van der Waals surface area contributed by atoms with E-state index in [4.69, 9.17) is 10.8 Å². The van der Waals surface area contributed by atoms with Crippen molar-refractivity contribution in [1.82, 2.24) is 5.32 Å². The van der Waals surface area contributed by atoms with E-state index in [-0.39, 0.29) is 0 Å². The first kappa shape index (κ1) is 10.8. The Bertz CT molecular complexity index is 184. The molecule has 5 nitrogen and oxygen atoms in total. The zero-order valence-corrected chi connectivity index (χ0v) is 6.58. The van der Waals surface area contributed by atoms with E-state index in [1.165, 1.54) is 6.92 Å². The van der Waals surface area contributed by atoms with Crippen molar-refractivity contribution in [2.45, 2.75) is 19.0 Å². The van der Waals surface area contributed by atoms with E-state index < -0.39 is 30.6 Å². The molecular formula is C6H11FN2O3. The maximum atomic E-state index is 11.9. The van der Waals surface area contributed by atoms with Gasteiger partial charge in [-0.05, 0) is 6.92 Å². The third kappa shape index (κ3) is 3.29. The molecule has 0 aromatic rings. The summed E-state index contributed by atoms with van der Waals surface area (Å²) in [4.78, 5) is 20.9. The SMILES string of the molecule is C[C@H](N)C(=O)N[C@H](CF)C(=O)O. The molecule has 0 aromatic heterocycles. The monoisotopic (exact) mass is 178 g/mol. The lowest BCUT2D eigenvalue weighted by Gasteiger charge is -2.12. The summed E-state index contributed by atoms with van der Waals surface area (Å²) >= 11 is 0. The highest BCUT2D eigenvalue weighted by Crippen LogP contribution is 1.87. The number of halogens is 1. The molecular weight excluding hydrogens is 167 g/mol. The van der Waals surface area contributed by atoms with Crippen molar-refractivity contribution < 1.29 is 19.1 Å². The molecule has 70 valence electrons. The van der Waals surface area contributed by atoms with Gasteiger partial charge in [-0.3, -0.25) is 4.79 Å². The average molecular weight is 178 g/mol. The first-order valence-electron chi connectivity index (χ1n) is 3.33. The van der Waals surface area contributed by atoms with E-state index in [9.17, 15) is 14.0 Å². The highest BCUT2D eigenvalue weighted by Gasteiger charge is 2.20. The minimum Gasteiger partial charge on any atom is -0.480 e. The Balaban J connectivity index is 4.03. The number of carbonyl (C=O) groups is 2. The van der Waals surface area contributed by atoms with E-state index in [1.807, 2.05) is 5.32 Å². The second-order valence-corrected chi connectivity index (χ2v) is 2.34. The summed E-state index contributed by atoms with van der Waals surface area (Å²) in [7, 11) is 0. The first-order chi connectivity index (χ1) is 5.49. The molecule has 0 bridgehead atoms. The number of carboxylic acids is 1. The van der Waals surface area contributed by atoms with Crippen LogP contribution in [0.2, 0.25) is 0 Å². The second kappa shape index (κ2) is 4.66. The van der Waals surface area contributed by atoms with Crippen molar-refractivity contribution in [1.29, 1.82) is 0 Å². The van der Waals surface area contributed by atoms with Crippen LogP contribution in [0.3, 0.4) is 0 Å². The number of hydrogen-bond donors (Lipinski definition) is 3. The minimum atomic E-state index is -1.50. The third-order valence-corrected chi connectivity index (χ3v) is 1.18. The Morgan fingerprint density at radius 3 is 2.42 bits per heavy atom. The zero-order chi connectivity index (χ0) is 9.72. The summed E-state index contributed by atoms with van der Waals surface area (Å²) in [5.41, 5.74) is 5.11. The number of nitrogens with one attached hydrogen (secondary N) is 1. The molecule has 0 aromatic carbocycles. The van der Waals surface area contributed by atoms with Crippen molar-refractivity contribution in [3.63, 3.8) is 0 Å². The average Bonchev–Trinajstić information content (AvgIpc) is 1.98. The van der Waals surface area contributed by atoms with Crippen LogP contribution in [0.25, 0.3) is 0 Å². The fourth-order valence-electron chi connectivity index (χ4n) is 0.469. The molecule has 0 rings (SSSR count). The standard InChI is InChI=1S/C6H11FN2O3/c1-3(8)5(10)9-4(2-7)6(11)12/h3-4H,2,8H2,1H3,(H,9,10)(H,11,12)/t3-,4+/m0/s1. The van der Waals surface area contributed by atoms with E-state index >= 15 is 0 Å². The molecule has 0 aliphatic carbocycles. The molecule has 2 atom stereocenters. The van der Waals surface area contributed by atoms with E-state index in [0.29, 0.717) is 0 Å². The van der Waals surface area contributed by atoms with Gasteiger partial charge in [0, 0.05) is 0 Å². The Morgan fingerprint density at radius 2 is 2.17 bits per heavy atom. The molecule has 0 heterocycles. The number of nitrogens with two attached hydrogens (primary N) is 1. The van der Waals surface area contributed by atoms with Crippen LogP contribution >= 0.6 is 0 Å². The Labute approximate surface area is 68.7 Å². The number of rotatable bonds is 4. The van der Waals surface area contributed by atoms with E-state index in [1.54, 1.807) is 0 Å². The maximum absolute atomic E-state index is 11.9. The third-order valence-electron chi connectivity index (χ3n) is 1.18. The predicted octanol–water partition coefficient (Wildman–Crippen LogP) is -1.13. The van der Waals surface area contributed by atoms with Crippen LogP contribution in [0.1, 0.15) is 6.92 Å². The summed E-state index contributed by atoms with van der Waals surface area (Å²) in [6.45, 7) is 0.236. The fourth-order valence-corrected chi connectivity index (χ4v) is 0.469. The topological polar surface area (TPSA) is 92.4 Å². The highest BCUT2D eigenvalue weighted by molar-refractivity contribution is 5.86. The van der Waals surface area contributed by atoms with Crippen molar-refractivity contribution >= 4 is 11.9 Å². The molecule has 4 N–H and O–H groups in total. The van der Waals surface area contributed by atoms with Crippen LogP contribution in [-0.2, 0) is 9.59 Å². The molecule has 0 unspecified atom stereocenters. The molecule has 6 heteroatoms. The number of amides is 1. The molecule has 0 radical (unpaired) electrons. The van der Waals surface area contributed by atoms with Crippen molar-refractivity contribution in [3.05, 3.63) is 0 Å². The maximum Gasteiger partial charge on any atom is 0.328 e. The van der Waals surface area contributed by atoms with Gasteiger partial charge in [-0.25, -0.2) is 9.18 Å². The molecule has 0 saturated heterocycles. The molecule has 0 aliphatic rings. The van der Waals surface area contributed by atoms with Gasteiger partial charge >= 0.3 is 5.97 Å². The number of carbonyl (C=O) groups excluding carboxylic acids is 1. The van der Waals surface area contributed by atoms with Crippen LogP contribution in [0.5, 0.6) is 0 Å². The van der Waals surface area contributed by atoms with Gasteiger partial charge in [-0.15, -0.1) is 0 Å². The number of alkyl halides is 1. The summed E-state index contributed by atoms with van der Waals surface area (Å²) in [6, 6.07) is -2.33. The van der Waals surface area contributed by atoms with Crippen LogP contribution in [-0.4, -0.2) is 35.7 Å². The first-order valence-corrected chi connectivity index (χ1v) is 3.33. The normalized spacial score (nSPS) is 14.9. The Kier molecular flexibility index (Phi) is 4.20. The van der Waals surface area contributed by atoms with E-state index in [2.05, 4.69) is 0 Å². The van der Waals surface area contributed by atoms with Crippen LogP contribution in [0.4, 0.5) is 4.39 Å². The quantitative estimate of drug-likeness (QED) is 0.508. The molecule has 0 aliphatic heterocycles. The predicted molar refractivity (Wildman–Crippen MR) is 39.2 cm³/mol. The Morgan fingerprint density at radius 1 is 1.67 bits per heavy atom. The highest BCUT2D eigenvalue weighted by atomic mass is 19.1. The van der Waals surface area contributed by atoms with Crippen LogP contribution in [0.15, 0.2) is 0 Å². The molecule has 12 heavy (non-hydrogen) atoms. The number of carboxylic acid groups (broad SMARTS) is 1. The van der Waals surface area contributed by atoms with Gasteiger partial charge < -0.3 is 16.2 Å². The second-order valence-electron chi connectivity index (χ2n) is 2.34. The smallest absolute Gasteiger partial charge is 0.328 e. The molecule has 0 spiro atoms. The summed E-state index contributed by atoms with van der Waals surface area (Å²) < 4.78 is 11.9. The minimum absolute atomic E-state index is 0.681. The van der Waals surface area contributed by atoms with Crippen molar-refractivity contribution in [3.8, 4) is 0 Å². The van der Waals surface area contributed by atoms with Gasteiger partial charge in [0.1, 0.15) is 6.67 Å². The number of hydrogen-bond acceptors (Lipinski definition) is 3. The van der Waals surface area contributed by atoms with Crippen LogP contribution < -0.4 is 11.1 Å². The van der Waals surface area contributed by atoms with Gasteiger partial charge in [0.05, 0.1) is 6.04 Å². The van der Waals surface area contributed by atoms with Gasteiger partial charge in [-0.2, -0.15) is 0 Å². The lowest BCUT2D eigenvalue weighted by molar-refractivity contribution is -0.142. The van der Waals surface area contributed by atoms with Gasteiger partial charge in [0.25, 0.3) is 0 Å². The fraction of sp³-hybridized carbons (Fsp3) is 0.667. The van der Waals surface area contributed by atoms with Crippen molar-refractivity contribution in [2.24, 2.45) is 5.73 Å². The summed E-state index contributed by atoms with van der Waals surface area (Å²) in [5, 5.41) is 10.2. The largest absolute Gasteiger partial charge is 0.480 e. The van der Waals surface area contributed by atoms with Crippen molar-refractivity contribution in [2.75, 3.05) is 6.67 Å². The Hall–Kier alpha value is -1.17. The van der Waals surface area contributed by atoms with E-state index in [0.717, 1.165) is 0 Å². The molecule has 0 saturated carbocycles. The van der Waals surface area contributed by atoms with Gasteiger partial charge in [-0.1, -0.05) is 0 Å². The van der Waals surface area contributed by atoms with Crippen LogP contribution in [0, 0.1) is 0 Å². The zero-order valence-electron chi connectivity index (χ0n) is 6.58.